The third kappa shape index (κ3) is 3.62. The Morgan fingerprint density at radius 2 is 2.03 bits per heavy atom. The Morgan fingerprint density at radius 3 is 2.76 bits per heavy atom. The Hall–Kier alpha value is -2.10. The van der Waals surface area contributed by atoms with E-state index >= 15 is 0 Å². The predicted molar refractivity (Wildman–Crippen MR) is 109 cm³/mol. The number of likely N-dealkylation sites (N-methyl/N-ethyl adjacent to an activating group) is 1. The van der Waals surface area contributed by atoms with Crippen LogP contribution >= 0.6 is 0 Å². The van der Waals surface area contributed by atoms with E-state index in [1.165, 1.54) is 16.4 Å². The van der Waals surface area contributed by atoms with Crippen LogP contribution in [0.15, 0.2) is 23.1 Å². The molecule has 1 N–H and O–H groups in total. The van der Waals surface area contributed by atoms with E-state index in [9.17, 15) is 12.8 Å². The molecule has 0 spiro atoms. The highest BCUT2D eigenvalue weighted by Crippen LogP contribution is 2.37. The number of aryl methyl sites for hydroxylation is 1. The van der Waals surface area contributed by atoms with E-state index in [0.29, 0.717) is 37.3 Å². The van der Waals surface area contributed by atoms with E-state index in [-0.39, 0.29) is 4.90 Å². The molecule has 156 valence electrons. The fraction of sp³-hybridized carbons (Fsp3) is 0.500. The number of halogens is 1. The molecule has 7 nitrogen and oxygen atoms in total. The first kappa shape index (κ1) is 20.2. The van der Waals surface area contributed by atoms with E-state index < -0.39 is 21.9 Å². The number of fused-ring (bicyclic) bond motifs is 1. The minimum atomic E-state index is -3.84. The number of nitrogens with one attached hydrogen (secondary N) is 1. The van der Waals surface area contributed by atoms with Crippen molar-refractivity contribution in [1.82, 2.24) is 19.2 Å². The third-order valence-electron chi connectivity index (χ3n) is 5.76. The minimum Gasteiger partial charge on any atom is -0.373 e. The second kappa shape index (κ2) is 7.62. The molecule has 1 saturated heterocycles. The molecule has 0 saturated carbocycles. The fourth-order valence-electron chi connectivity index (χ4n) is 4.09. The van der Waals surface area contributed by atoms with Gasteiger partial charge in [-0.15, -0.1) is 0 Å². The van der Waals surface area contributed by atoms with Crippen molar-refractivity contribution in [1.29, 1.82) is 0 Å². The van der Waals surface area contributed by atoms with Gasteiger partial charge in [-0.1, -0.05) is 6.07 Å². The molecule has 1 aromatic carbocycles. The number of hydrogen-bond donors (Lipinski definition) is 1. The van der Waals surface area contributed by atoms with Crippen LogP contribution in [0.3, 0.4) is 0 Å². The molecule has 1 atom stereocenters. The number of benzene rings is 1. The largest absolute Gasteiger partial charge is 0.373 e. The second-order valence-electron chi connectivity index (χ2n) is 7.78. The molecule has 2 aromatic rings. The first-order valence-corrected chi connectivity index (χ1v) is 11.3. The Balaban J connectivity index is 1.73. The first-order chi connectivity index (χ1) is 13.8. The number of anilines is 1. The highest BCUT2D eigenvalue weighted by Gasteiger charge is 2.39. The van der Waals surface area contributed by atoms with Crippen molar-refractivity contribution >= 4 is 15.8 Å². The minimum absolute atomic E-state index is 0.0287. The van der Waals surface area contributed by atoms with Crippen LogP contribution in [0.1, 0.15) is 41.5 Å². The van der Waals surface area contributed by atoms with Gasteiger partial charge < -0.3 is 10.2 Å². The van der Waals surface area contributed by atoms with Gasteiger partial charge in [0.1, 0.15) is 17.5 Å². The smallest absolute Gasteiger partial charge is 0.243 e. The highest BCUT2D eigenvalue weighted by molar-refractivity contribution is 7.89. The lowest BCUT2D eigenvalue weighted by molar-refractivity contribution is 0.304. The maximum absolute atomic E-state index is 14.0. The summed E-state index contributed by atoms with van der Waals surface area (Å²) in [4.78, 5) is 11.6. The zero-order valence-electron chi connectivity index (χ0n) is 16.9. The lowest BCUT2D eigenvalue weighted by atomic mass is 10.1. The van der Waals surface area contributed by atoms with Gasteiger partial charge in [0.15, 0.2) is 0 Å². The van der Waals surface area contributed by atoms with Gasteiger partial charge in [-0.2, -0.15) is 4.31 Å². The molecule has 2 aliphatic heterocycles. The molecule has 9 heteroatoms. The summed E-state index contributed by atoms with van der Waals surface area (Å²) in [5.41, 5.74) is 2.46. The molecule has 29 heavy (non-hydrogen) atoms. The molecule has 3 heterocycles. The Labute approximate surface area is 171 Å². The summed E-state index contributed by atoms with van der Waals surface area (Å²) in [6.07, 6.45) is 2.22. The van der Waals surface area contributed by atoms with Crippen molar-refractivity contribution in [3.63, 3.8) is 0 Å². The number of hydrogen-bond acceptors (Lipinski definition) is 6. The van der Waals surface area contributed by atoms with Gasteiger partial charge in [0.2, 0.25) is 10.0 Å². The Morgan fingerprint density at radius 1 is 1.24 bits per heavy atom. The molecule has 2 aliphatic rings. The average Bonchev–Trinajstić information content (AvgIpc) is 3.19. The van der Waals surface area contributed by atoms with Crippen LogP contribution < -0.4 is 5.32 Å². The molecule has 0 amide bonds. The van der Waals surface area contributed by atoms with Gasteiger partial charge in [0.05, 0.1) is 16.6 Å². The lowest BCUT2D eigenvalue weighted by Gasteiger charge is -2.28. The summed E-state index contributed by atoms with van der Waals surface area (Å²) in [7, 11) is 0.0217. The summed E-state index contributed by atoms with van der Waals surface area (Å²) >= 11 is 0. The van der Waals surface area contributed by atoms with Crippen molar-refractivity contribution < 1.29 is 12.8 Å². The van der Waals surface area contributed by atoms with Gasteiger partial charge in [-0.25, -0.2) is 22.8 Å². The van der Waals surface area contributed by atoms with Crippen LogP contribution in [-0.4, -0.2) is 54.8 Å². The monoisotopic (exact) mass is 419 g/mol. The second-order valence-corrected chi connectivity index (χ2v) is 9.67. The summed E-state index contributed by atoms with van der Waals surface area (Å²) in [5, 5.41) is 3.15. The molecular weight excluding hydrogens is 393 g/mol. The highest BCUT2D eigenvalue weighted by atomic mass is 32.2. The zero-order valence-corrected chi connectivity index (χ0v) is 17.8. The number of rotatable bonds is 4. The zero-order chi connectivity index (χ0) is 20.8. The van der Waals surface area contributed by atoms with E-state index in [4.69, 9.17) is 4.98 Å². The van der Waals surface area contributed by atoms with Crippen molar-refractivity contribution in [2.24, 2.45) is 0 Å². The molecule has 1 fully saturated rings. The van der Waals surface area contributed by atoms with E-state index in [0.717, 1.165) is 36.1 Å². The fourth-order valence-corrected chi connectivity index (χ4v) is 5.76. The summed E-state index contributed by atoms with van der Waals surface area (Å²) < 4.78 is 42.0. The lowest BCUT2D eigenvalue weighted by Crippen LogP contribution is -2.33. The van der Waals surface area contributed by atoms with Crippen molar-refractivity contribution in [3.05, 3.63) is 46.7 Å². The van der Waals surface area contributed by atoms with Gasteiger partial charge in [-0.05, 0) is 50.9 Å². The molecule has 4 rings (SSSR count). The van der Waals surface area contributed by atoms with Crippen molar-refractivity contribution in [2.75, 3.05) is 32.5 Å². The number of nitrogens with zero attached hydrogens (tertiary/aromatic N) is 4. The van der Waals surface area contributed by atoms with Crippen LogP contribution in [-0.2, 0) is 23.0 Å². The Bertz CT molecular complexity index is 1040. The van der Waals surface area contributed by atoms with Crippen LogP contribution in [0.2, 0.25) is 0 Å². The van der Waals surface area contributed by atoms with Crippen LogP contribution in [0, 0.1) is 12.7 Å². The van der Waals surface area contributed by atoms with E-state index in [1.54, 1.807) is 6.92 Å². The maximum Gasteiger partial charge on any atom is 0.243 e. The molecule has 0 unspecified atom stereocenters. The first-order valence-electron chi connectivity index (χ1n) is 9.85. The van der Waals surface area contributed by atoms with Crippen LogP contribution in [0.25, 0.3) is 0 Å². The topological polar surface area (TPSA) is 78.4 Å². The van der Waals surface area contributed by atoms with Crippen molar-refractivity contribution in [3.8, 4) is 0 Å². The van der Waals surface area contributed by atoms with Gasteiger partial charge in [-0.3, -0.25) is 0 Å². The molecule has 0 aliphatic carbocycles. The Kier molecular flexibility index (Phi) is 5.30. The van der Waals surface area contributed by atoms with Gasteiger partial charge >= 0.3 is 0 Å². The maximum atomic E-state index is 14.0. The molecule has 0 radical (unpaired) electrons. The van der Waals surface area contributed by atoms with Gasteiger partial charge in [0.25, 0.3) is 0 Å². The number of aromatic nitrogens is 2. The van der Waals surface area contributed by atoms with Crippen molar-refractivity contribution in [2.45, 2.75) is 43.7 Å². The van der Waals surface area contributed by atoms with Gasteiger partial charge in [0, 0.05) is 32.2 Å². The SMILES string of the molecule is CNc1nc([C@H]2CCCN2S(=O)(=O)c2ccc(C)c(F)c2)nc2c1CCN(C)C2. The molecular formula is C20H26FN5O2S. The van der Waals surface area contributed by atoms with E-state index in [2.05, 4.69) is 15.2 Å². The molecule has 0 bridgehead atoms. The summed E-state index contributed by atoms with van der Waals surface area (Å²) in [5.74, 6) is 0.758. The quantitative estimate of drug-likeness (QED) is 0.820. The third-order valence-corrected chi connectivity index (χ3v) is 7.67. The summed E-state index contributed by atoms with van der Waals surface area (Å²) in [6.45, 7) is 3.63. The average molecular weight is 420 g/mol. The summed E-state index contributed by atoms with van der Waals surface area (Å²) in [6, 6.07) is 3.61. The normalized spacial score (nSPS) is 20.6. The predicted octanol–water partition coefficient (Wildman–Crippen LogP) is 2.48. The molecule has 1 aromatic heterocycles. The standard InChI is InChI=1S/C20H26FN5O2S/c1-13-6-7-14(11-16(13)21)29(27,28)26-9-4-5-18(26)20-23-17-12-25(3)10-8-15(17)19(22-2)24-20/h6-7,11,18H,4-5,8-10,12H2,1-3H3,(H,22,23,24)/t18-/m1/s1. The van der Waals surface area contributed by atoms with E-state index in [1.807, 2.05) is 14.1 Å². The van der Waals surface area contributed by atoms with Crippen LogP contribution in [0.5, 0.6) is 0 Å². The number of sulfonamides is 1. The van der Waals surface area contributed by atoms with Crippen LogP contribution in [0.4, 0.5) is 10.2 Å².